The summed E-state index contributed by atoms with van der Waals surface area (Å²) in [6.45, 7) is 1.19. The Morgan fingerprint density at radius 1 is 1.03 bits per heavy atom. The van der Waals surface area contributed by atoms with Crippen molar-refractivity contribution in [2.45, 2.75) is 12.2 Å². The number of para-hydroxylation sites is 1. The van der Waals surface area contributed by atoms with Crippen molar-refractivity contribution in [3.05, 3.63) is 59.4 Å². The first-order valence-electron chi connectivity index (χ1n) is 10.1. The Balaban J connectivity index is 1.61. The van der Waals surface area contributed by atoms with Gasteiger partial charge in [-0.25, -0.2) is 9.78 Å². The lowest BCUT2D eigenvalue weighted by Gasteiger charge is -2.38. The number of hydrogen-bond donors (Lipinski definition) is 2. The Morgan fingerprint density at radius 2 is 1.70 bits per heavy atom. The molecule has 1 aliphatic heterocycles. The molecule has 1 fully saturated rings. The van der Waals surface area contributed by atoms with Gasteiger partial charge < -0.3 is 19.7 Å². The van der Waals surface area contributed by atoms with Crippen LogP contribution in [0.1, 0.15) is 27.7 Å². The van der Waals surface area contributed by atoms with Crippen molar-refractivity contribution in [2.24, 2.45) is 7.05 Å². The van der Waals surface area contributed by atoms with Gasteiger partial charge in [0.1, 0.15) is 17.6 Å². The predicted octanol–water partition coefficient (Wildman–Crippen LogP) is 3.24. The van der Waals surface area contributed by atoms with Gasteiger partial charge in [-0.1, -0.05) is 18.2 Å². The van der Waals surface area contributed by atoms with Crippen LogP contribution < -0.4 is 4.90 Å². The van der Waals surface area contributed by atoms with Crippen molar-refractivity contribution >= 4 is 28.7 Å². The molecule has 4 rings (SSSR count). The SMILES string of the molecule is Cn1c(C(=O)O)c([C@H](C(=O)O)N2CCN(c3ccc(C(F)(F)F)cn3)CC2)c2ccccc21. The van der Waals surface area contributed by atoms with Crippen LogP contribution in [0.15, 0.2) is 42.6 Å². The number of rotatable bonds is 5. The minimum absolute atomic E-state index is 0.0876. The van der Waals surface area contributed by atoms with Crippen LogP contribution in [0.2, 0.25) is 0 Å². The number of piperazine rings is 1. The highest BCUT2D eigenvalue weighted by atomic mass is 19.4. The monoisotopic (exact) mass is 462 g/mol. The third-order valence-corrected chi connectivity index (χ3v) is 5.93. The maximum atomic E-state index is 12.8. The molecule has 1 aromatic carbocycles. The number of hydrogen-bond acceptors (Lipinski definition) is 5. The second kappa shape index (κ2) is 8.39. The third-order valence-electron chi connectivity index (χ3n) is 5.93. The topological polar surface area (TPSA) is 98.9 Å². The first-order valence-corrected chi connectivity index (χ1v) is 10.1. The van der Waals surface area contributed by atoms with E-state index in [2.05, 4.69) is 4.98 Å². The van der Waals surface area contributed by atoms with Crippen LogP contribution >= 0.6 is 0 Å². The molecule has 11 heteroatoms. The fourth-order valence-corrected chi connectivity index (χ4v) is 4.37. The zero-order chi connectivity index (χ0) is 23.9. The molecule has 1 saturated heterocycles. The molecular formula is C22H21F3N4O4. The van der Waals surface area contributed by atoms with Gasteiger partial charge in [0.05, 0.1) is 5.56 Å². The van der Waals surface area contributed by atoms with Gasteiger partial charge in [0.25, 0.3) is 0 Å². The van der Waals surface area contributed by atoms with Crippen molar-refractivity contribution in [1.29, 1.82) is 0 Å². The number of fused-ring (bicyclic) bond motifs is 1. The molecule has 0 aliphatic carbocycles. The van der Waals surface area contributed by atoms with E-state index < -0.39 is 29.7 Å². The average molecular weight is 462 g/mol. The number of aliphatic carboxylic acids is 1. The molecule has 2 N–H and O–H groups in total. The average Bonchev–Trinajstić information content (AvgIpc) is 3.06. The molecule has 33 heavy (non-hydrogen) atoms. The van der Waals surface area contributed by atoms with Crippen LogP contribution in [0.25, 0.3) is 10.9 Å². The van der Waals surface area contributed by atoms with Crippen molar-refractivity contribution in [1.82, 2.24) is 14.5 Å². The maximum Gasteiger partial charge on any atom is 0.417 e. The number of aromatic carboxylic acids is 1. The second-order valence-electron chi connectivity index (χ2n) is 7.81. The van der Waals surface area contributed by atoms with Crippen molar-refractivity contribution < 1.29 is 33.0 Å². The summed E-state index contributed by atoms with van der Waals surface area (Å²) in [5.41, 5.74) is -0.0960. The first-order chi connectivity index (χ1) is 15.6. The van der Waals surface area contributed by atoms with Crippen LogP contribution in [-0.2, 0) is 18.0 Å². The van der Waals surface area contributed by atoms with Gasteiger partial charge in [0.15, 0.2) is 0 Å². The minimum atomic E-state index is -4.47. The number of carboxylic acids is 2. The predicted molar refractivity (Wildman–Crippen MR) is 113 cm³/mol. The van der Waals surface area contributed by atoms with E-state index in [0.29, 0.717) is 29.8 Å². The molecule has 2 aromatic heterocycles. The standard InChI is InChI=1S/C22H21F3N4O4/c1-27-15-5-3-2-4-14(15)17(18(27)20(30)31)19(21(32)33)29-10-8-28(9-11-29)16-7-6-13(12-26-16)22(23,24)25/h2-7,12,19H,8-11H2,1H3,(H,30,31)(H,32,33)/t19-/m1/s1. The number of pyridine rings is 1. The highest BCUT2D eigenvalue weighted by Crippen LogP contribution is 2.35. The zero-order valence-electron chi connectivity index (χ0n) is 17.6. The van der Waals surface area contributed by atoms with Crippen molar-refractivity contribution in [2.75, 3.05) is 31.1 Å². The van der Waals surface area contributed by atoms with E-state index in [9.17, 15) is 33.0 Å². The van der Waals surface area contributed by atoms with Crippen LogP contribution in [0.4, 0.5) is 19.0 Å². The highest BCUT2D eigenvalue weighted by molar-refractivity contribution is 6.01. The van der Waals surface area contributed by atoms with Crippen molar-refractivity contribution in [3.8, 4) is 0 Å². The van der Waals surface area contributed by atoms with Gasteiger partial charge in [0, 0.05) is 55.9 Å². The number of aryl methyl sites for hydroxylation is 1. The number of benzene rings is 1. The number of aromatic nitrogens is 2. The maximum absolute atomic E-state index is 12.8. The number of nitrogens with zero attached hydrogens (tertiary/aromatic N) is 4. The minimum Gasteiger partial charge on any atom is -0.480 e. The van der Waals surface area contributed by atoms with E-state index in [1.165, 1.54) is 10.6 Å². The summed E-state index contributed by atoms with van der Waals surface area (Å²) >= 11 is 0. The van der Waals surface area contributed by atoms with Gasteiger partial charge in [-0.05, 0) is 18.2 Å². The molecule has 0 radical (unpaired) electrons. The fraction of sp³-hybridized carbons (Fsp3) is 0.318. The van der Waals surface area contributed by atoms with E-state index in [0.717, 1.165) is 12.3 Å². The largest absolute Gasteiger partial charge is 0.480 e. The van der Waals surface area contributed by atoms with Gasteiger partial charge in [-0.3, -0.25) is 9.69 Å². The Labute approximate surface area is 186 Å². The highest BCUT2D eigenvalue weighted by Gasteiger charge is 2.37. The smallest absolute Gasteiger partial charge is 0.417 e. The lowest BCUT2D eigenvalue weighted by atomic mass is 10.00. The molecular weight excluding hydrogens is 441 g/mol. The summed E-state index contributed by atoms with van der Waals surface area (Å²) < 4.78 is 39.8. The number of halogens is 3. The van der Waals surface area contributed by atoms with E-state index >= 15 is 0 Å². The summed E-state index contributed by atoms with van der Waals surface area (Å²) in [6.07, 6.45) is -3.70. The molecule has 3 heterocycles. The van der Waals surface area contributed by atoms with E-state index in [-0.39, 0.29) is 24.3 Å². The van der Waals surface area contributed by atoms with E-state index in [1.54, 1.807) is 41.1 Å². The number of carboxylic acid groups (broad SMARTS) is 2. The van der Waals surface area contributed by atoms with E-state index in [1.807, 2.05) is 0 Å². The first kappa shape index (κ1) is 22.6. The molecule has 0 saturated carbocycles. The van der Waals surface area contributed by atoms with Gasteiger partial charge in [0.2, 0.25) is 0 Å². The molecule has 1 aliphatic rings. The zero-order valence-corrected chi connectivity index (χ0v) is 17.6. The quantitative estimate of drug-likeness (QED) is 0.601. The molecule has 0 bridgehead atoms. The Bertz CT molecular complexity index is 1200. The molecule has 1 atom stereocenters. The summed E-state index contributed by atoms with van der Waals surface area (Å²) in [6, 6.07) is 7.98. The summed E-state index contributed by atoms with van der Waals surface area (Å²) in [5, 5.41) is 20.4. The number of alkyl halides is 3. The van der Waals surface area contributed by atoms with Gasteiger partial charge in [-0.2, -0.15) is 13.2 Å². The summed E-state index contributed by atoms with van der Waals surface area (Å²) in [5.74, 6) is -2.02. The van der Waals surface area contributed by atoms with Crippen LogP contribution in [-0.4, -0.2) is 62.8 Å². The van der Waals surface area contributed by atoms with Crippen LogP contribution in [0, 0.1) is 0 Å². The molecule has 174 valence electrons. The molecule has 8 nitrogen and oxygen atoms in total. The van der Waals surface area contributed by atoms with Crippen LogP contribution in [0.3, 0.4) is 0 Å². The molecule has 0 amide bonds. The Kier molecular flexibility index (Phi) is 5.75. The number of anilines is 1. The van der Waals surface area contributed by atoms with Crippen LogP contribution in [0.5, 0.6) is 0 Å². The molecule has 0 spiro atoms. The lowest BCUT2D eigenvalue weighted by molar-refractivity contribution is -0.143. The summed E-state index contributed by atoms with van der Waals surface area (Å²) in [7, 11) is 1.59. The van der Waals surface area contributed by atoms with Crippen molar-refractivity contribution in [3.63, 3.8) is 0 Å². The van der Waals surface area contributed by atoms with Gasteiger partial charge in [-0.15, -0.1) is 0 Å². The summed E-state index contributed by atoms with van der Waals surface area (Å²) in [4.78, 5) is 31.7. The Morgan fingerprint density at radius 3 is 2.24 bits per heavy atom. The molecule has 0 unspecified atom stereocenters. The molecule has 3 aromatic rings. The lowest BCUT2D eigenvalue weighted by Crippen LogP contribution is -2.49. The fourth-order valence-electron chi connectivity index (χ4n) is 4.37. The third kappa shape index (κ3) is 4.11. The second-order valence-corrected chi connectivity index (χ2v) is 7.81. The van der Waals surface area contributed by atoms with Gasteiger partial charge >= 0.3 is 18.1 Å². The Hall–Kier alpha value is -3.60. The normalized spacial score (nSPS) is 16.2. The number of carbonyl (C=O) groups is 2. The van der Waals surface area contributed by atoms with E-state index in [4.69, 9.17) is 0 Å².